The Kier molecular flexibility index (Phi) is 4.52. The molecule has 1 unspecified atom stereocenters. The summed E-state index contributed by atoms with van der Waals surface area (Å²) in [5.41, 5.74) is 0. The first-order valence-corrected chi connectivity index (χ1v) is 7.29. The molecule has 1 atom stereocenters. The molecule has 1 aliphatic rings. The molecule has 5 nitrogen and oxygen atoms in total. The van der Waals surface area contributed by atoms with Crippen molar-refractivity contribution >= 4 is 22.6 Å². The van der Waals surface area contributed by atoms with Gasteiger partial charge in [-0.3, -0.25) is 4.79 Å². The maximum Gasteiger partial charge on any atom is 0.305 e. The van der Waals surface area contributed by atoms with Gasteiger partial charge in [0, 0.05) is 30.5 Å². The Bertz CT molecular complexity index is 408. The first kappa shape index (κ1) is 13.3. The monoisotopic (exact) mass is 269 g/mol. The fourth-order valence-corrected chi connectivity index (χ4v) is 3.16. The van der Waals surface area contributed by atoms with Crippen molar-refractivity contribution in [3.05, 3.63) is 5.82 Å². The van der Waals surface area contributed by atoms with Crippen molar-refractivity contribution in [1.82, 2.24) is 9.36 Å². The summed E-state index contributed by atoms with van der Waals surface area (Å²) in [6, 6.07) is 0.0821. The zero-order valence-corrected chi connectivity index (χ0v) is 11.4. The van der Waals surface area contributed by atoms with Crippen molar-refractivity contribution in [3.8, 4) is 0 Å². The van der Waals surface area contributed by atoms with Crippen molar-refractivity contribution in [2.45, 2.75) is 51.5 Å². The molecule has 0 saturated carbocycles. The van der Waals surface area contributed by atoms with E-state index in [-0.39, 0.29) is 12.5 Å². The van der Waals surface area contributed by atoms with Crippen LogP contribution in [0, 0.1) is 0 Å². The predicted octanol–water partition coefficient (Wildman–Crippen LogP) is 2.32. The molecule has 6 heteroatoms. The number of aromatic nitrogens is 2. The predicted molar refractivity (Wildman–Crippen MR) is 71.1 cm³/mol. The molecule has 1 fully saturated rings. The van der Waals surface area contributed by atoms with Crippen molar-refractivity contribution < 1.29 is 9.90 Å². The van der Waals surface area contributed by atoms with E-state index >= 15 is 0 Å². The molecule has 0 radical (unpaired) electrons. The van der Waals surface area contributed by atoms with E-state index < -0.39 is 5.97 Å². The number of aryl methyl sites for hydroxylation is 1. The number of carboxylic acid groups (broad SMARTS) is 1. The first-order valence-electron chi connectivity index (χ1n) is 6.51. The summed E-state index contributed by atoms with van der Waals surface area (Å²) < 4.78 is 4.34. The third-order valence-corrected chi connectivity index (χ3v) is 4.01. The van der Waals surface area contributed by atoms with Crippen LogP contribution >= 0.6 is 11.5 Å². The average molecular weight is 269 g/mol. The zero-order valence-electron chi connectivity index (χ0n) is 10.6. The van der Waals surface area contributed by atoms with Crippen LogP contribution < -0.4 is 4.90 Å². The van der Waals surface area contributed by atoms with E-state index in [0.29, 0.717) is 0 Å². The third-order valence-electron chi connectivity index (χ3n) is 3.21. The summed E-state index contributed by atoms with van der Waals surface area (Å²) in [6.45, 7) is 3.01. The molecular formula is C12H19N3O2S. The second kappa shape index (κ2) is 6.13. The van der Waals surface area contributed by atoms with Gasteiger partial charge in [-0.25, -0.2) is 4.98 Å². The van der Waals surface area contributed by atoms with Crippen LogP contribution in [0.4, 0.5) is 5.13 Å². The number of rotatable bonds is 5. The average Bonchev–Trinajstić information content (AvgIpc) is 2.78. The van der Waals surface area contributed by atoms with Crippen molar-refractivity contribution in [2.24, 2.45) is 0 Å². The Balaban J connectivity index is 2.09. The summed E-state index contributed by atoms with van der Waals surface area (Å²) in [6.07, 6.45) is 5.29. The van der Waals surface area contributed by atoms with Crippen molar-refractivity contribution in [2.75, 3.05) is 11.4 Å². The lowest BCUT2D eigenvalue weighted by Crippen LogP contribution is -2.40. The fourth-order valence-electron chi connectivity index (χ4n) is 2.35. The highest BCUT2D eigenvalue weighted by molar-refractivity contribution is 7.09. The van der Waals surface area contributed by atoms with Crippen LogP contribution in [0.3, 0.4) is 0 Å². The van der Waals surface area contributed by atoms with Crippen LogP contribution in [0.2, 0.25) is 0 Å². The summed E-state index contributed by atoms with van der Waals surface area (Å²) in [4.78, 5) is 17.5. The minimum Gasteiger partial charge on any atom is -0.481 e. The van der Waals surface area contributed by atoms with Crippen LogP contribution in [0.15, 0.2) is 0 Å². The van der Waals surface area contributed by atoms with Gasteiger partial charge in [0.2, 0.25) is 5.13 Å². The lowest BCUT2D eigenvalue weighted by atomic mass is 10.0. The molecule has 1 saturated heterocycles. The Morgan fingerprint density at radius 2 is 2.39 bits per heavy atom. The van der Waals surface area contributed by atoms with Gasteiger partial charge in [-0.1, -0.05) is 6.92 Å². The Morgan fingerprint density at radius 3 is 3.11 bits per heavy atom. The van der Waals surface area contributed by atoms with E-state index in [1.807, 2.05) is 0 Å². The standard InChI is InChI=1S/C12H19N3O2S/c1-2-5-10-13-12(18-14-10)15-7-4-3-6-9(15)8-11(16)17/h9H,2-8H2,1H3,(H,16,17). The minimum atomic E-state index is -0.731. The van der Waals surface area contributed by atoms with Crippen LogP contribution in [0.1, 0.15) is 44.9 Å². The maximum atomic E-state index is 10.9. The SMILES string of the molecule is CCCc1nsc(N2CCCCC2CC(=O)O)n1. The van der Waals surface area contributed by atoms with E-state index in [1.165, 1.54) is 11.5 Å². The molecule has 0 aliphatic carbocycles. The molecular weight excluding hydrogens is 250 g/mol. The molecule has 2 heterocycles. The van der Waals surface area contributed by atoms with E-state index in [2.05, 4.69) is 21.2 Å². The van der Waals surface area contributed by atoms with Gasteiger partial charge in [0.05, 0.1) is 6.42 Å². The van der Waals surface area contributed by atoms with Gasteiger partial charge < -0.3 is 10.0 Å². The van der Waals surface area contributed by atoms with Gasteiger partial charge >= 0.3 is 5.97 Å². The molecule has 2 rings (SSSR count). The molecule has 18 heavy (non-hydrogen) atoms. The fraction of sp³-hybridized carbons (Fsp3) is 0.750. The topological polar surface area (TPSA) is 66.3 Å². The molecule has 1 aromatic heterocycles. The quantitative estimate of drug-likeness (QED) is 0.888. The summed E-state index contributed by atoms with van der Waals surface area (Å²) in [7, 11) is 0. The van der Waals surface area contributed by atoms with Gasteiger partial charge in [-0.15, -0.1) is 0 Å². The maximum absolute atomic E-state index is 10.9. The molecule has 1 aromatic rings. The number of nitrogens with zero attached hydrogens (tertiary/aromatic N) is 3. The van der Waals surface area contributed by atoms with Crippen molar-refractivity contribution in [1.29, 1.82) is 0 Å². The van der Waals surface area contributed by atoms with Gasteiger partial charge in [0.1, 0.15) is 5.82 Å². The highest BCUT2D eigenvalue weighted by atomic mass is 32.1. The molecule has 1 aliphatic heterocycles. The summed E-state index contributed by atoms with van der Waals surface area (Å²) >= 11 is 1.40. The van der Waals surface area contributed by atoms with E-state index in [4.69, 9.17) is 5.11 Å². The largest absolute Gasteiger partial charge is 0.481 e. The zero-order chi connectivity index (χ0) is 13.0. The minimum absolute atomic E-state index is 0.0821. The van der Waals surface area contributed by atoms with Crippen LogP contribution in [0.25, 0.3) is 0 Å². The van der Waals surface area contributed by atoms with E-state index in [0.717, 1.165) is 49.6 Å². The molecule has 0 bridgehead atoms. The van der Waals surface area contributed by atoms with E-state index in [1.54, 1.807) is 0 Å². The smallest absolute Gasteiger partial charge is 0.305 e. The number of hydrogen-bond donors (Lipinski definition) is 1. The normalized spacial score (nSPS) is 20.1. The first-order chi connectivity index (χ1) is 8.70. The molecule has 1 N–H and O–H groups in total. The Hall–Kier alpha value is -1.17. The number of aliphatic carboxylic acids is 1. The van der Waals surface area contributed by atoms with Crippen LogP contribution in [0.5, 0.6) is 0 Å². The van der Waals surface area contributed by atoms with Crippen LogP contribution in [-0.2, 0) is 11.2 Å². The number of anilines is 1. The van der Waals surface area contributed by atoms with E-state index in [9.17, 15) is 4.79 Å². The molecule has 0 amide bonds. The summed E-state index contributed by atoms with van der Waals surface area (Å²) in [5, 5.41) is 9.85. The lowest BCUT2D eigenvalue weighted by Gasteiger charge is -2.34. The Morgan fingerprint density at radius 1 is 1.56 bits per heavy atom. The molecule has 0 spiro atoms. The number of hydrogen-bond acceptors (Lipinski definition) is 5. The van der Waals surface area contributed by atoms with Gasteiger partial charge in [-0.2, -0.15) is 4.37 Å². The van der Waals surface area contributed by atoms with Gasteiger partial charge in [-0.05, 0) is 25.7 Å². The number of carbonyl (C=O) groups is 1. The summed E-state index contributed by atoms with van der Waals surface area (Å²) in [5.74, 6) is 0.155. The highest BCUT2D eigenvalue weighted by Gasteiger charge is 2.27. The van der Waals surface area contributed by atoms with Gasteiger partial charge in [0.15, 0.2) is 0 Å². The third kappa shape index (κ3) is 3.19. The second-order valence-electron chi connectivity index (χ2n) is 4.68. The second-order valence-corrected chi connectivity index (χ2v) is 5.41. The highest BCUT2D eigenvalue weighted by Crippen LogP contribution is 2.28. The van der Waals surface area contributed by atoms with Crippen LogP contribution in [-0.4, -0.2) is 33.0 Å². The lowest BCUT2D eigenvalue weighted by molar-refractivity contribution is -0.137. The molecule has 100 valence electrons. The van der Waals surface area contributed by atoms with Gasteiger partial charge in [0.25, 0.3) is 0 Å². The number of carboxylic acids is 1. The Labute approximate surface area is 111 Å². The van der Waals surface area contributed by atoms with Crippen molar-refractivity contribution in [3.63, 3.8) is 0 Å². The molecule has 0 aromatic carbocycles. The number of piperidine rings is 1.